The van der Waals surface area contributed by atoms with Gasteiger partial charge in [0.25, 0.3) is 0 Å². The lowest BCUT2D eigenvalue weighted by atomic mass is 10.0. The van der Waals surface area contributed by atoms with Crippen molar-refractivity contribution in [3.05, 3.63) is 0 Å². The monoisotopic (exact) mass is 227 g/mol. The van der Waals surface area contributed by atoms with Crippen LogP contribution in [0.5, 0.6) is 0 Å². The molecule has 0 N–H and O–H groups in total. The maximum atomic E-state index is 11.7. The van der Waals surface area contributed by atoms with Crippen molar-refractivity contribution in [3.63, 3.8) is 0 Å². The van der Waals surface area contributed by atoms with E-state index in [2.05, 4.69) is 0 Å². The fourth-order valence-electron chi connectivity index (χ4n) is 1.59. The van der Waals surface area contributed by atoms with E-state index in [0.717, 1.165) is 4.90 Å². The molecule has 0 saturated carbocycles. The van der Waals surface area contributed by atoms with Crippen molar-refractivity contribution in [2.45, 2.75) is 52.2 Å². The van der Waals surface area contributed by atoms with Crippen molar-refractivity contribution < 1.29 is 19.1 Å². The SMILES string of the molecule is CC1CC(=O)CC(=O)N1C(=O)OC(C)(C)C. The number of carbonyl (C=O) groups excluding carboxylic acids is 3. The Bertz CT molecular complexity index is 329. The number of nitrogens with zero attached hydrogens (tertiary/aromatic N) is 1. The third kappa shape index (κ3) is 3.05. The Morgan fingerprint density at radius 1 is 1.38 bits per heavy atom. The van der Waals surface area contributed by atoms with Crippen LogP contribution in [-0.2, 0) is 14.3 Å². The largest absolute Gasteiger partial charge is 0.443 e. The molecule has 1 aliphatic rings. The number of imide groups is 1. The predicted octanol–water partition coefficient (Wildman–Crippen LogP) is 1.50. The minimum absolute atomic E-state index is 0.127. The molecule has 0 aromatic heterocycles. The number of hydrogen-bond acceptors (Lipinski definition) is 4. The first kappa shape index (κ1) is 12.7. The Kier molecular flexibility index (Phi) is 3.35. The molecule has 1 fully saturated rings. The molecule has 0 radical (unpaired) electrons. The molecular weight excluding hydrogens is 210 g/mol. The molecule has 1 atom stereocenters. The van der Waals surface area contributed by atoms with Crippen LogP contribution in [0, 0.1) is 0 Å². The third-order valence-electron chi connectivity index (χ3n) is 2.17. The first-order valence-electron chi connectivity index (χ1n) is 5.27. The molecule has 1 saturated heterocycles. The molecule has 0 spiro atoms. The molecule has 90 valence electrons. The van der Waals surface area contributed by atoms with E-state index >= 15 is 0 Å². The summed E-state index contributed by atoms with van der Waals surface area (Å²) in [5.74, 6) is -0.602. The number of hydrogen-bond donors (Lipinski definition) is 0. The van der Waals surface area contributed by atoms with Gasteiger partial charge >= 0.3 is 6.09 Å². The number of amides is 2. The molecule has 1 heterocycles. The van der Waals surface area contributed by atoms with Crippen molar-refractivity contribution in [2.24, 2.45) is 0 Å². The minimum atomic E-state index is -0.669. The van der Waals surface area contributed by atoms with Crippen LogP contribution in [0.4, 0.5) is 4.79 Å². The zero-order valence-electron chi connectivity index (χ0n) is 10.1. The van der Waals surface area contributed by atoms with Crippen molar-refractivity contribution in [3.8, 4) is 0 Å². The highest BCUT2D eigenvalue weighted by molar-refractivity contribution is 6.06. The van der Waals surface area contributed by atoms with Gasteiger partial charge in [-0.25, -0.2) is 9.69 Å². The fraction of sp³-hybridized carbons (Fsp3) is 0.727. The second kappa shape index (κ2) is 4.23. The molecule has 0 bridgehead atoms. The smallest absolute Gasteiger partial charge is 0.417 e. The highest BCUT2D eigenvalue weighted by Gasteiger charge is 2.36. The number of ketones is 1. The highest BCUT2D eigenvalue weighted by Crippen LogP contribution is 2.19. The van der Waals surface area contributed by atoms with Crippen LogP contribution in [0.2, 0.25) is 0 Å². The Morgan fingerprint density at radius 3 is 2.38 bits per heavy atom. The zero-order chi connectivity index (χ0) is 12.5. The van der Waals surface area contributed by atoms with Crippen LogP contribution in [-0.4, -0.2) is 34.3 Å². The number of carbonyl (C=O) groups is 3. The number of Topliss-reactive ketones (excluding diaryl/α,β-unsaturated/α-hetero) is 1. The molecule has 2 amide bonds. The van der Waals surface area contributed by atoms with E-state index in [-0.39, 0.29) is 18.6 Å². The highest BCUT2D eigenvalue weighted by atomic mass is 16.6. The van der Waals surface area contributed by atoms with Crippen LogP contribution in [0.25, 0.3) is 0 Å². The van der Waals surface area contributed by atoms with Gasteiger partial charge in [-0.3, -0.25) is 9.59 Å². The number of ether oxygens (including phenoxy) is 1. The lowest BCUT2D eigenvalue weighted by Gasteiger charge is -2.32. The predicted molar refractivity (Wildman–Crippen MR) is 56.8 cm³/mol. The third-order valence-corrected chi connectivity index (χ3v) is 2.17. The first-order chi connectivity index (χ1) is 7.20. The standard InChI is InChI=1S/C11H17NO4/c1-7-5-8(13)6-9(14)12(7)10(15)16-11(2,3)4/h7H,5-6H2,1-4H3. The Hall–Kier alpha value is -1.39. The quantitative estimate of drug-likeness (QED) is 0.588. The fourth-order valence-corrected chi connectivity index (χ4v) is 1.59. The van der Waals surface area contributed by atoms with Crippen molar-refractivity contribution in [1.82, 2.24) is 4.90 Å². The minimum Gasteiger partial charge on any atom is -0.443 e. The van der Waals surface area contributed by atoms with Gasteiger partial charge < -0.3 is 4.74 Å². The number of rotatable bonds is 0. The van der Waals surface area contributed by atoms with Crippen molar-refractivity contribution >= 4 is 17.8 Å². The van der Waals surface area contributed by atoms with Crippen LogP contribution in [0.15, 0.2) is 0 Å². The van der Waals surface area contributed by atoms with Crippen molar-refractivity contribution in [2.75, 3.05) is 0 Å². The average Bonchev–Trinajstić information content (AvgIpc) is 1.96. The summed E-state index contributed by atoms with van der Waals surface area (Å²) in [6.07, 6.45) is -0.660. The Labute approximate surface area is 94.7 Å². The summed E-state index contributed by atoms with van der Waals surface area (Å²) in [5.41, 5.74) is -0.640. The maximum absolute atomic E-state index is 11.7. The maximum Gasteiger partial charge on any atom is 0.417 e. The van der Waals surface area contributed by atoms with Gasteiger partial charge in [-0.15, -0.1) is 0 Å². The van der Waals surface area contributed by atoms with Gasteiger partial charge in [0.1, 0.15) is 11.4 Å². The van der Waals surface area contributed by atoms with E-state index in [0.29, 0.717) is 0 Å². The molecule has 16 heavy (non-hydrogen) atoms. The molecule has 5 heteroatoms. The van der Waals surface area contributed by atoms with Gasteiger partial charge in [0.2, 0.25) is 5.91 Å². The number of piperidine rings is 1. The van der Waals surface area contributed by atoms with E-state index in [1.165, 1.54) is 0 Å². The summed E-state index contributed by atoms with van der Waals surface area (Å²) in [7, 11) is 0. The molecule has 0 aliphatic carbocycles. The summed E-state index contributed by atoms with van der Waals surface area (Å²) in [6.45, 7) is 6.86. The van der Waals surface area contributed by atoms with Gasteiger partial charge in [0.15, 0.2) is 0 Å². The topological polar surface area (TPSA) is 63.7 Å². The van der Waals surface area contributed by atoms with Crippen LogP contribution in [0.3, 0.4) is 0 Å². The van der Waals surface area contributed by atoms with Gasteiger partial charge in [-0.2, -0.15) is 0 Å². The molecule has 1 unspecified atom stereocenters. The molecule has 1 aliphatic heterocycles. The second-order valence-corrected chi connectivity index (χ2v) is 5.01. The normalized spacial score (nSPS) is 22.2. The second-order valence-electron chi connectivity index (χ2n) is 5.01. The lowest BCUT2D eigenvalue weighted by Crippen LogP contribution is -2.50. The summed E-state index contributed by atoms with van der Waals surface area (Å²) in [5, 5.41) is 0. The lowest BCUT2D eigenvalue weighted by molar-refractivity contribution is -0.140. The first-order valence-corrected chi connectivity index (χ1v) is 5.27. The van der Waals surface area contributed by atoms with E-state index in [1.807, 2.05) is 0 Å². The van der Waals surface area contributed by atoms with Crippen LogP contribution in [0.1, 0.15) is 40.5 Å². The molecule has 0 aromatic carbocycles. The van der Waals surface area contributed by atoms with Crippen LogP contribution >= 0.6 is 0 Å². The van der Waals surface area contributed by atoms with E-state index in [4.69, 9.17) is 4.74 Å². The molecule has 1 rings (SSSR count). The summed E-state index contributed by atoms with van der Waals surface area (Å²) in [6, 6.07) is -0.413. The summed E-state index contributed by atoms with van der Waals surface area (Å²) < 4.78 is 5.11. The van der Waals surface area contributed by atoms with E-state index < -0.39 is 23.6 Å². The molecule has 5 nitrogen and oxygen atoms in total. The van der Waals surface area contributed by atoms with Gasteiger partial charge in [-0.05, 0) is 27.7 Å². The van der Waals surface area contributed by atoms with E-state index in [1.54, 1.807) is 27.7 Å². The average molecular weight is 227 g/mol. The number of likely N-dealkylation sites (tertiary alicyclic amines) is 1. The van der Waals surface area contributed by atoms with Gasteiger partial charge in [0, 0.05) is 12.5 Å². The van der Waals surface area contributed by atoms with Crippen molar-refractivity contribution in [1.29, 1.82) is 0 Å². The van der Waals surface area contributed by atoms with Crippen LogP contribution < -0.4 is 0 Å². The summed E-state index contributed by atoms with van der Waals surface area (Å²) >= 11 is 0. The van der Waals surface area contributed by atoms with E-state index in [9.17, 15) is 14.4 Å². The Balaban J connectivity index is 2.75. The zero-order valence-corrected chi connectivity index (χ0v) is 10.1. The van der Waals surface area contributed by atoms with Gasteiger partial charge in [-0.1, -0.05) is 0 Å². The van der Waals surface area contributed by atoms with Gasteiger partial charge in [0.05, 0.1) is 6.42 Å². The Morgan fingerprint density at radius 2 is 1.94 bits per heavy atom. The molecular formula is C11H17NO4. The molecule has 0 aromatic rings. The summed E-state index contributed by atoms with van der Waals surface area (Å²) in [4.78, 5) is 35.4.